The van der Waals surface area contributed by atoms with Gasteiger partial charge in [-0.25, -0.2) is 9.18 Å². The lowest BCUT2D eigenvalue weighted by Crippen LogP contribution is -2.12. The Morgan fingerprint density at radius 3 is 2.16 bits per heavy atom. The van der Waals surface area contributed by atoms with Gasteiger partial charge in [0.05, 0.1) is 11.1 Å². The van der Waals surface area contributed by atoms with Crippen LogP contribution in [0.1, 0.15) is 20.7 Å². The third-order valence-electron chi connectivity index (χ3n) is 4.74. The third-order valence-corrected chi connectivity index (χ3v) is 4.74. The first-order valence-corrected chi connectivity index (χ1v) is 9.46. The molecule has 1 amide bonds. The number of anilines is 1. The van der Waals surface area contributed by atoms with Crippen LogP contribution < -0.4 is 5.32 Å². The smallest absolute Gasteiger partial charge is 0.335 e. The third kappa shape index (κ3) is 4.64. The summed E-state index contributed by atoms with van der Waals surface area (Å²) in [6, 6.07) is 21.4. The van der Waals surface area contributed by atoms with Gasteiger partial charge in [-0.2, -0.15) is 0 Å². The molecule has 3 aromatic carbocycles. The van der Waals surface area contributed by atoms with E-state index in [9.17, 15) is 19.1 Å². The van der Waals surface area contributed by atoms with Crippen LogP contribution in [0, 0.1) is 5.82 Å². The van der Waals surface area contributed by atoms with Gasteiger partial charge >= 0.3 is 5.97 Å². The quantitative estimate of drug-likeness (QED) is 0.453. The van der Waals surface area contributed by atoms with Gasteiger partial charge in [-0.15, -0.1) is 0 Å². The minimum Gasteiger partial charge on any atom is -0.478 e. The van der Waals surface area contributed by atoms with E-state index in [1.807, 2.05) is 12.1 Å². The highest BCUT2D eigenvalue weighted by Gasteiger charge is 2.10. The number of aromatic nitrogens is 1. The number of carboxylic acid groups (broad SMARTS) is 1. The van der Waals surface area contributed by atoms with E-state index in [4.69, 9.17) is 0 Å². The number of halogens is 1. The standard InChI is InChI=1S/C25H17FN2O3/c26-22-9-7-16(8-10-22)20-12-21(15-27-14-20)24(29)28-23-6-2-4-18(13-23)17-3-1-5-19(11-17)25(30)31/h1-15H,(H,28,29)(H,30,31). The number of amides is 1. The van der Waals surface area contributed by atoms with Crippen molar-refractivity contribution < 1.29 is 19.1 Å². The molecular formula is C25H17FN2O3. The summed E-state index contributed by atoms with van der Waals surface area (Å²) in [6.45, 7) is 0. The van der Waals surface area contributed by atoms with Gasteiger partial charge in [0.25, 0.3) is 5.91 Å². The maximum atomic E-state index is 13.2. The molecule has 4 aromatic rings. The van der Waals surface area contributed by atoms with E-state index in [1.165, 1.54) is 24.4 Å². The highest BCUT2D eigenvalue weighted by atomic mass is 19.1. The molecule has 0 unspecified atom stereocenters. The molecule has 0 aliphatic heterocycles. The van der Waals surface area contributed by atoms with Crippen LogP contribution in [0.15, 0.2) is 91.3 Å². The monoisotopic (exact) mass is 412 g/mol. The molecule has 0 fully saturated rings. The fourth-order valence-corrected chi connectivity index (χ4v) is 3.18. The first-order valence-electron chi connectivity index (χ1n) is 9.46. The zero-order valence-corrected chi connectivity index (χ0v) is 16.2. The van der Waals surface area contributed by atoms with Crippen LogP contribution in [-0.2, 0) is 0 Å². The van der Waals surface area contributed by atoms with Crippen LogP contribution in [0.3, 0.4) is 0 Å². The molecule has 1 heterocycles. The van der Waals surface area contributed by atoms with E-state index >= 15 is 0 Å². The van der Waals surface area contributed by atoms with Crippen molar-refractivity contribution in [3.8, 4) is 22.3 Å². The predicted octanol–water partition coefficient (Wildman–Crippen LogP) is 5.51. The first-order chi connectivity index (χ1) is 15.0. The summed E-state index contributed by atoms with van der Waals surface area (Å²) in [5.74, 6) is -1.67. The second-order valence-electron chi connectivity index (χ2n) is 6.89. The summed E-state index contributed by atoms with van der Waals surface area (Å²) in [5, 5.41) is 12.0. The van der Waals surface area contributed by atoms with Gasteiger partial charge in [0.15, 0.2) is 0 Å². The number of aromatic carboxylic acids is 1. The topological polar surface area (TPSA) is 79.3 Å². The molecule has 152 valence electrons. The SMILES string of the molecule is O=C(O)c1cccc(-c2cccc(NC(=O)c3cncc(-c4ccc(F)cc4)c3)c2)c1. The molecule has 5 nitrogen and oxygen atoms in total. The van der Waals surface area contributed by atoms with Crippen LogP contribution >= 0.6 is 0 Å². The van der Waals surface area contributed by atoms with Crippen LogP contribution in [0.2, 0.25) is 0 Å². The summed E-state index contributed by atoms with van der Waals surface area (Å²) >= 11 is 0. The Kier molecular flexibility index (Phi) is 5.53. The van der Waals surface area contributed by atoms with E-state index in [0.29, 0.717) is 16.8 Å². The Labute approximate surface area is 177 Å². The van der Waals surface area contributed by atoms with Crippen LogP contribution in [0.4, 0.5) is 10.1 Å². The van der Waals surface area contributed by atoms with Crippen LogP contribution in [0.5, 0.6) is 0 Å². The van der Waals surface area contributed by atoms with Gasteiger partial charge in [0, 0.05) is 23.6 Å². The van der Waals surface area contributed by atoms with E-state index in [1.54, 1.807) is 54.7 Å². The lowest BCUT2D eigenvalue weighted by molar-refractivity contribution is 0.0696. The number of benzene rings is 3. The van der Waals surface area contributed by atoms with E-state index < -0.39 is 5.97 Å². The zero-order valence-electron chi connectivity index (χ0n) is 16.2. The summed E-state index contributed by atoms with van der Waals surface area (Å²) in [5.41, 5.74) is 4.08. The van der Waals surface area contributed by atoms with Crippen molar-refractivity contribution >= 4 is 17.6 Å². The molecule has 0 aliphatic rings. The first kappa shape index (κ1) is 20.0. The highest BCUT2D eigenvalue weighted by Crippen LogP contribution is 2.25. The van der Waals surface area contributed by atoms with E-state index in [-0.39, 0.29) is 17.3 Å². The minimum absolute atomic E-state index is 0.190. The maximum Gasteiger partial charge on any atom is 0.335 e. The molecule has 0 spiro atoms. The number of carbonyl (C=O) groups excluding carboxylic acids is 1. The van der Waals surface area contributed by atoms with Crippen LogP contribution in [0.25, 0.3) is 22.3 Å². The van der Waals surface area contributed by atoms with Crippen molar-refractivity contribution in [2.24, 2.45) is 0 Å². The van der Waals surface area contributed by atoms with Crippen molar-refractivity contribution in [2.75, 3.05) is 5.32 Å². The average molecular weight is 412 g/mol. The molecule has 4 rings (SSSR count). The summed E-state index contributed by atoms with van der Waals surface area (Å²) in [4.78, 5) is 28.1. The van der Waals surface area contributed by atoms with Crippen molar-refractivity contribution in [3.63, 3.8) is 0 Å². The number of carbonyl (C=O) groups is 2. The molecule has 2 N–H and O–H groups in total. The Hall–Kier alpha value is -4.32. The van der Waals surface area contributed by atoms with Crippen molar-refractivity contribution in [1.29, 1.82) is 0 Å². The van der Waals surface area contributed by atoms with Crippen molar-refractivity contribution in [3.05, 3.63) is 108 Å². The van der Waals surface area contributed by atoms with Gasteiger partial charge in [-0.05, 0) is 59.2 Å². The summed E-state index contributed by atoms with van der Waals surface area (Å²) in [6.07, 6.45) is 3.07. The fraction of sp³-hybridized carbons (Fsp3) is 0. The predicted molar refractivity (Wildman–Crippen MR) is 116 cm³/mol. The van der Waals surface area contributed by atoms with Crippen molar-refractivity contribution in [1.82, 2.24) is 4.98 Å². The number of nitrogens with one attached hydrogen (secondary N) is 1. The molecule has 1 aromatic heterocycles. The Balaban J connectivity index is 1.56. The van der Waals surface area contributed by atoms with Gasteiger partial charge < -0.3 is 10.4 Å². The molecule has 6 heteroatoms. The largest absolute Gasteiger partial charge is 0.478 e. The van der Waals surface area contributed by atoms with Gasteiger partial charge in [-0.1, -0.05) is 36.4 Å². The Morgan fingerprint density at radius 2 is 1.42 bits per heavy atom. The lowest BCUT2D eigenvalue weighted by atomic mass is 10.0. The normalized spacial score (nSPS) is 10.5. The Morgan fingerprint density at radius 1 is 0.742 bits per heavy atom. The highest BCUT2D eigenvalue weighted by molar-refractivity contribution is 6.05. The Bertz CT molecular complexity index is 1270. The molecule has 0 bridgehead atoms. The second-order valence-corrected chi connectivity index (χ2v) is 6.89. The summed E-state index contributed by atoms with van der Waals surface area (Å²) in [7, 11) is 0. The molecule has 0 saturated carbocycles. The molecule has 0 saturated heterocycles. The fourth-order valence-electron chi connectivity index (χ4n) is 3.18. The summed E-state index contributed by atoms with van der Waals surface area (Å²) < 4.78 is 13.2. The minimum atomic E-state index is -1.00. The lowest BCUT2D eigenvalue weighted by Gasteiger charge is -2.09. The number of carboxylic acids is 1. The van der Waals surface area contributed by atoms with E-state index in [0.717, 1.165) is 16.7 Å². The van der Waals surface area contributed by atoms with Crippen LogP contribution in [-0.4, -0.2) is 22.0 Å². The van der Waals surface area contributed by atoms with Gasteiger partial charge in [0.1, 0.15) is 5.82 Å². The number of rotatable bonds is 5. The molecular weight excluding hydrogens is 395 g/mol. The number of pyridine rings is 1. The average Bonchev–Trinajstić information content (AvgIpc) is 2.80. The molecule has 0 aliphatic carbocycles. The molecule has 0 atom stereocenters. The maximum absolute atomic E-state index is 13.2. The number of nitrogens with zero attached hydrogens (tertiary/aromatic N) is 1. The number of hydrogen-bond acceptors (Lipinski definition) is 3. The van der Waals surface area contributed by atoms with E-state index in [2.05, 4.69) is 10.3 Å². The zero-order chi connectivity index (χ0) is 21.8. The molecule has 0 radical (unpaired) electrons. The molecule has 31 heavy (non-hydrogen) atoms. The number of hydrogen-bond donors (Lipinski definition) is 2. The van der Waals surface area contributed by atoms with Gasteiger partial charge in [-0.3, -0.25) is 9.78 Å². The van der Waals surface area contributed by atoms with Crippen molar-refractivity contribution in [2.45, 2.75) is 0 Å². The van der Waals surface area contributed by atoms with Gasteiger partial charge in [0.2, 0.25) is 0 Å². The second kappa shape index (κ2) is 8.59.